The van der Waals surface area contributed by atoms with Gasteiger partial charge in [0.1, 0.15) is 5.69 Å². The van der Waals surface area contributed by atoms with Crippen LogP contribution in [0.25, 0.3) is 11.3 Å². The number of carbonyl (C=O) groups is 1. The fraction of sp³-hybridized carbons (Fsp3) is 0.500. The molecular weight excluding hydrogens is 330 g/mol. The maximum absolute atomic E-state index is 12.8. The maximum Gasteiger partial charge on any atom is 0.231 e. The molecule has 2 saturated carbocycles. The number of hydrogen-bond donors (Lipinski definition) is 2. The summed E-state index contributed by atoms with van der Waals surface area (Å²) in [7, 11) is 0. The van der Waals surface area contributed by atoms with Gasteiger partial charge in [-0.15, -0.1) is 0 Å². The first-order valence-electron chi connectivity index (χ1n) is 9.59. The molecule has 0 atom stereocenters. The van der Waals surface area contributed by atoms with Crippen molar-refractivity contribution in [3.8, 4) is 22.8 Å². The van der Waals surface area contributed by atoms with Crippen molar-refractivity contribution in [2.24, 2.45) is 5.92 Å². The summed E-state index contributed by atoms with van der Waals surface area (Å²) in [4.78, 5) is 12.8. The number of amides is 1. The molecule has 0 unspecified atom stereocenters. The Balaban J connectivity index is 1.47. The van der Waals surface area contributed by atoms with Gasteiger partial charge in [-0.3, -0.25) is 9.89 Å². The molecule has 2 heterocycles. The molecule has 6 heteroatoms. The Bertz CT molecular complexity index is 835. The molecule has 0 saturated heterocycles. The van der Waals surface area contributed by atoms with Crippen LogP contribution in [0.1, 0.15) is 56.6 Å². The fourth-order valence-corrected chi connectivity index (χ4v) is 3.99. The highest BCUT2D eigenvalue weighted by atomic mass is 16.7. The second-order valence-corrected chi connectivity index (χ2v) is 7.53. The lowest BCUT2D eigenvalue weighted by molar-refractivity contribution is -0.120. The van der Waals surface area contributed by atoms with E-state index in [0.717, 1.165) is 72.7 Å². The van der Waals surface area contributed by atoms with Crippen LogP contribution in [0.15, 0.2) is 18.2 Å². The highest BCUT2D eigenvalue weighted by molar-refractivity contribution is 5.97. The number of aromatic nitrogens is 2. The van der Waals surface area contributed by atoms with Crippen LogP contribution in [0.4, 0.5) is 5.69 Å². The van der Waals surface area contributed by atoms with Crippen LogP contribution in [-0.2, 0) is 4.79 Å². The minimum Gasteiger partial charge on any atom is -0.454 e. The molecule has 136 valence electrons. The molecule has 1 aliphatic heterocycles. The summed E-state index contributed by atoms with van der Waals surface area (Å²) in [6, 6.07) is 5.80. The standard InChI is InChI=1S/C20H23N3O3/c24-20(13-4-2-1-3-5-13)21-19-17(12-6-7-12)22-23-18(19)14-8-9-15-16(10-14)26-11-25-15/h8-10,12-13H,1-7,11H2,(H,21,24)(H,22,23). The Labute approximate surface area is 152 Å². The van der Waals surface area contributed by atoms with Gasteiger partial charge in [-0.05, 0) is 43.9 Å². The van der Waals surface area contributed by atoms with Gasteiger partial charge in [0.2, 0.25) is 12.7 Å². The molecule has 0 bridgehead atoms. The van der Waals surface area contributed by atoms with E-state index in [2.05, 4.69) is 15.5 Å². The number of aromatic amines is 1. The first-order valence-corrected chi connectivity index (χ1v) is 9.59. The van der Waals surface area contributed by atoms with E-state index in [0.29, 0.717) is 5.92 Å². The molecule has 1 aromatic carbocycles. The second-order valence-electron chi connectivity index (χ2n) is 7.53. The predicted molar refractivity (Wildman–Crippen MR) is 97.3 cm³/mol. The number of nitrogens with one attached hydrogen (secondary N) is 2. The Morgan fingerprint density at radius 1 is 1.08 bits per heavy atom. The number of nitrogens with zero attached hydrogens (tertiary/aromatic N) is 1. The van der Waals surface area contributed by atoms with E-state index in [1.807, 2.05) is 18.2 Å². The third kappa shape index (κ3) is 2.83. The molecule has 1 amide bonds. The molecule has 0 spiro atoms. The Kier molecular flexibility index (Phi) is 3.84. The number of H-pyrrole nitrogens is 1. The van der Waals surface area contributed by atoms with Crippen LogP contribution in [0.5, 0.6) is 11.5 Å². The van der Waals surface area contributed by atoms with Crippen LogP contribution < -0.4 is 14.8 Å². The summed E-state index contributed by atoms with van der Waals surface area (Å²) in [6.07, 6.45) is 7.81. The van der Waals surface area contributed by atoms with Gasteiger partial charge in [-0.1, -0.05) is 19.3 Å². The highest BCUT2D eigenvalue weighted by Crippen LogP contribution is 2.46. The molecule has 0 radical (unpaired) electrons. The summed E-state index contributed by atoms with van der Waals surface area (Å²) in [5.74, 6) is 2.21. The van der Waals surface area contributed by atoms with Gasteiger partial charge in [0.15, 0.2) is 11.5 Å². The quantitative estimate of drug-likeness (QED) is 0.864. The van der Waals surface area contributed by atoms with Crippen LogP contribution >= 0.6 is 0 Å². The molecule has 6 nitrogen and oxygen atoms in total. The van der Waals surface area contributed by atoms with E-state index in [4.69, 9.17) is 9.47 Å². The van der Waals surface area contributed by atoms with Crippen LogP contribution in [0, 0.1) is 5.92 Å². The molecule has 2 N–H and O–H groups in total. The molecule has 2 aliphatic carbocycles. The van der Waals surface area contributed by atoms with Gasteiger partial charge in [0.05, 0.1) is 11.4 Å². The van der Waals surface area contributed by atoms with Gasteiger partial charge in [-0.2, -0.15) is 5.10 Å². The van der Waals surface area contributed by atoms with Crippen LogP contribution in [0.3, 0.4) is 0 Å². The Morgan fingerprint density at radius 3 is 2.69 bits per heavy atom. The third-order valence-corrected chi connectivity index (χ3v) is 5.65. The van der Waals surface area contributed by atoms with Crippen molar-refractivity contribution in [3.63, 3.8) is 0 Å². The van der Waals surface area contributed by atoms with Gasteiger partial charge in [0.25, 0.3) is 0 Å². The molecule has 2 aromatic rings. The van der Waals surface area contributed by atoms with Crippen molar-refractivity contribution in [1.82, 2.24) is 10.2 Å². The summed E-state index contributed by atoms with van der Waals surface area (Å²) in [5, 5.41) is 10.9. The van der Waals surface area contributed by atoms with E-state index in [9.17, 15) is 4.79 Å². The summed E-state index contributed by atoms with van der Waals surface area (Å²) in [6.45, 7) is 0.248. The molecule has 5 rings (SSSR count). The average molecular weight is 353 g/mol. The second kappa shape index (κ2) is 6.34. The van der Waals surface area contributed by atoms with E-state index < -0.39 is 0 Å². The number of hydrogen-bond acceptors (Lipinski definition) is 4. The van der Waals surface area contributed by atoms with E-state index >= 15 is 0 Å². The fourth-order valence-electron chi connectivity index (χ4n) is 3.99. The zero-order chi connectivity index (χ0) is 17.5. The summed E-state index contributed by atoms with van der Waals surface area (Å²) >= 11 is 0. The van der Waals surface area contributed by atoms with Crippen molar-refractivity contribution in [1.29, 1.82) is 0 Å². The van der Waals surface area contributed by atoms with Crippen LogP contribution in [-0.4, -0.2) is 22.9 Å². The summed E-state index contributed by atoms with van der Waals surface area (Å²) < 4.78 is 10.9. The number of rotatable bonds is 4. The number of ether oxygens (including phenoxy) is 2. The monoisotopic (exact) mass is 353 g/mol. The molecule has 3 aliphatic rings. The van der Waals surface area contributed by atoms with Crippen molar-refractivity contribution >= 4 is 11.6 Å². The molecule has 26 heavy (non-hydrogen) atoms. The van der Waals surface area contributed by atoms with Gasteiger partial charge in [0, 0.05) is 17.4 Å². The van der Waals surface area contributed by atoms with E-state index in [1.165, 1.54) is 6.42 Å². The van der Waals surface area contributed by atoms with Crippen molar-refractivity contribution < 1.29 is 14.3 Å². The molecular formula is C20H23N3O3. The SMILES string of the molecule is O=C(Nc1c(-c2ccc3c(c2)OCO3)n[nH]c1C1CC1)C1CCCCC1. The zero-order valence-electron chi connectivity index (χ0n) is 14.7. The molecule has 1 aromatic heterocycles. The number of anilines is 1. The lowest BCUT2D eigenvalue weighted by atomic mass is 9.88. The maximum atomic E-state index is 12.8. The number of benzene rings is 1. The third-order valence-electron chi connectivity index (χ3n) is 5.65. The van der Waals surface area contributed by atoms with Gasteiger partial charge >= 0.3 is 0 Å². The minimum absolute atomic E-state index is 0.121. The van der Waals surface area contributed by atoms with Crippen LogP contribution in [0.2, 0.25) is 0 Å². The largest absolute Gasteiger partial charge is 0.454 e. The predicted octanol–water partition coefficient (Wildman–Crippen LogP) is 4.20. The zero-order valence-corrected chi connectivity index (χ0v) is 14.7. The average Bonchev–Trinajstić information content (AvgIpc) is 3.26. The van der Waals surface area contributed by atoms with Gasteiger partial charge in [-0.25, -0.2) is 0 Å². The smallest absolute Gasteiger partial charge is 0.231 e. The number of fused-ring (bicyclic) bond motifs is 1. The number of carbonyl (C=O) groups excluding carboxylic acids is 1. The normalized spacial score (nSPS) is 19.5. The first kappa shape index (κ1) is 15.7. The van der Waals surface area contributed by atoms with E-state index in [1.54, 1.807) is 0 Å². The Hall–Kier alpha value is -2.50. The molecule has 2 fully saturated rings. The van der Waals surface area contributed by atoms with Crippen molar-refractivity contribution in [2.75, 3.05) is 12.1 Å². The topological polar surface area (TPSA) is 76.2 Å². The Morgan fingerprint density at radius 2 is 1.88 bits per heavy atom. The lowest BCUT2D eigenvalue weighted by Crippen LogP contribution is -2.25. The van der Waals surface area contributed by atoms with E-state index in [-0.39, 0.29) is 18.6 Å². The lowest BCUT2D eigenvalue weighted by Gasteiger charge is -2.21. The van der Waals surface area contributed by atoms with Gasteiger partial charge < -0.3 is 14.8 Å². The van der Waals surface area contributed by atoms with Crippen molar-refractivity contribution in [3.05, 3.63) is 23.9 Å². The summed E-state index contributed by atoms with van der Waals surface area (Å²) in [5.41, 5.74) is 3.62. The minimum atomic E-state index is 0.121. The highest BCUT2D eigenvalue weighted by Gasteiger charge is 2.32. The first-order chi connectivity index (χ1) is 12.8. The van der Waals surface area contributed by atoms with Crippen molar-refractivity contribution in [2.45, 2.75) is 50.9 Å².